The molecular formula is C20H24N4O5. The average molecular weight is 400 g/mol. The number of rotatable bonds is 8. The number of nitrogens with one attached hydrogen (secondary N) is 1. The van der Waals surface area contributed by atoms with Gasteiger partial charge in [0.05, 0.1) is 19.9 Å². The van der Waals surface area contributed by atoms with Gasteiger partial charge in [-0.05, 0) is 37.5 Å². The maximum atomic E-state index is 12.8. The highest BCUT2D eigenvalue weighted by Gasteiger charge is 2.17. The van der Waals surface area contributed by atoms with Crippen LogP contribution in [0.3, 0.4) is 0 Å². The summed E-state index contributed by atoms with van der Waals surface area (Å²) in [6.07, 6.45) is 1.16. The monoisotopic (exact) mass is 400 g/mol. The fourth-order valence-electron chi connectivity index (χ4n) is 3.10. The first-order chi connectivity index (χ1) is 14.0. The van der Waals surface area contributed by atoms with Crippen LogP contribution in [0.5, 0.6) is 11.5 Å². The van der Waals surface area contributed by atoms with Gasteiger partial charge in [-0.3, -0.25) is 14.2 Å². The Morgan fingerprint density at radius 2 is 2.00 bits per heavy atom. The Bertz CT molecular complexity index is 1090. The van der Waals surface area contributed by atoms with Crippen molar-refractivity contribution in [2.75, 3.05) is 20.8 Å². The lowest BCUT2D eigenvalue weighted by Crippen LogP contribution is -2.35. The SMILES string of the molecule is CCc1noc2nc(C)n(CC(=O)NCCc3ccc(OC)c(OC)c3)c(=O)c12. The minimum absolute atomic E-state index is 0.117. The van der Waals surface area contributed by atoms with Crippen molar-refractivity contribution in [1.82, 2.24) is 20.0 Å². The Kier molecular flexibility index (Phi) is 6.16. The first kappa shape index (κ1) is 20.4. The summed E-state index contributed by atoms with van der Waals surface area (Å²) in [6.45, 7) is 3.84. The van der Waals surface area contributed by atoms with Crippen LogP contribution in [0.15, 0.2) is 27.5 Å². The summed E-state index contributed by atoms with van der Waals surface area (Å²) in [6, 6.07) is 5.61. The molecule has 0 atom stereocenters. The summed E-state index contributed by atoms with van der Waals surface area (Å²) in [4.78, 5) is 29.4. The first-order valence-electron chi connectivity index (χ1n) is 9.31. The van der Waals surface area contributed by atoms with Crippen molar-refractivity contribution < 1.29 is 18.8 Å². The molecule has 1 aromatic carbocycles. The molecule has 0 aliphatic rings. The van der Waals surface area contributed by atoms with Crippen LogP contribution in [0, 0.1) is 6.92 Å². The molecule has 154 valence electrons. The van der Waals surface area contributed by atoms with Crippen LogP contribution in [0.4, 0.5) is 0 Å². The number of carbonyl (C=O) groups excluding carboxylic acids is 1. The number of amides is 1. The van der Waals surface area contributed by atoms with Gasteiger partial charge in [0.1, 0.15) is 17.8 Å². The van der Waals surface area contributed by atoms with Crippen molar-refractivity contribution in [3.05, 3.63) is 45.6 Å². The third-order valence-electron chi connectivity index (χ3n) is 4.68. The van der Waals surface area contributed by atoms with Crippen molar-refractivity contribution in [1.29, 1.82) is 0 Å². The van der Waals surface area contributed by atoms with Gasteiger partial charge in [-0.15, -0.1) is 0 Å². The van der Waals surface area contributed by atoms with Crippen molar-refractivity contribution >= 4 is 17.0 Å². The maximum Gasteiger partial charge on any atom is 0.267 e. The Morgan fingerprint density at radius 3 is 2.69 bits per heavy atom. The highest BCUT2D eigenvalue weighted by molar-refractivity contribution is 5.78. The number of aromatic nitrogens is 3. The molecule has 0 saturated heterocycles. The van der Waals surface area contributed by atoms with Crippen molar-refractivity contribution in [3.63, 3.8) is 0 Å². The summed E-state index contributed by atoms with van der Waals surface area (Å²) in [7, 11) is 3.16. The van der Waals surface area contributed by atoms with E-state index in [0.29, 0.717) is 47.8 Å². The zero-order valence-corrected chi connectivity index (χ0v) is 16.9. The highest BCUT2D eigenvalue weighted by Crippen LogP contribution is 2.27. The summed E-state index contributed by atoms with van der Waals surface area (Å²) >= 11 is 0. The molecule has 0 spiro atoms. The number of methoxy groups -OCH3 is 2. The fourth-order valence-corrected chi connectivity index (χ4v) is 3.10. The molecule has 9 nitrogen and oxygen atoms in total. The number of carbonyl (C=O) groups is 1. The largest absolute Gasteiger partial charge is 0.493 e. The van der Waals surface area contributed by atoms with E-state index >= 15 is 0 Å². The van der Waals surface area contributed by atoms with Crippen LogP contribution < -0.4 is 20.3 Å². The number of hydrogen-bond donors (Lipinski definition) is 1. The molecule has 9 heteroatoms. The molecule has 29 heavy (non-hydrogen) atoms. The van der Waals surface area contributed by atoms with Crippen LogP contribution in [0.25, 0.3) is 11.1 Å². The molecule has 3 aromatic rings. The van der Waals surface area contributed by atoms with E-state index in [4.69, 9.17) is 14.0 Å². The van der Waals surface area contributed by atoms with E-state index in [1.54, 1.807) is 21.1 Å². The zero-order valence-electron chi connectivity index (χ0n) is 16.9. The molecule has 3 rings (SSSR count). The lowest BCUT2D eigenvalue weighted by molar-refractivity contribution is -0.121. The van der Waals surface area contributed by atoms with Crippen LogP contribution in [-0.4, -0.2) is 41.4 Å². The zero-order chi connectivity index (χ0) is 21.0. The highest BCUT2D eigenvalue weighted by atomic mass is 16.5. The third kappa shape index (κ3) is 4.23. The normalized spacial score (nSPS) is 10.9. The second kappa shape index (κ2) is 8.76. The molecule has 0 unspecified atom stereocenters. The van der Waals surface area contributed by atoms with Crippen LogP contribution in [-0.2, 0) is 24.2 Å². The molecule has 0 bridgehead atoms. The molecular weight excluding hydrogens is 376 g/mol. The number of fused-ring (bicyclic) bond motifs is 1. The molecule has 1 amide bonds. The number of ether oxygens (including phenoxy) is 2. The quantitative estimate of drug-likeness (QED) is 0.612. The lowest BCUT2D eigenvalue weighted by Gasteiger charge is -2.11. The van der Waals surface area contributed by atoms with Crippen molar-refractivity contribution in [2.24, 2.45) is 0 Å². The first-order valence-corrected chi connectivity index (χ1v) is 9.31. The van der Waals surface area contributed by atoms with Crippen molar-refractivity contribution in [3.8, 4) is 11.5 Å². The van der Waals surface area contributed by atoms with Crippen molar-refractivity contribution in [2.45, 2.75) is 33.2 Å². The molecule has 2 heterocycles. The lowest BCUT2D eigenvalue weighted by atomic mass is 10.1. The summed E-state index contributed by atoms with van der Waals surface area (Å²) in [5.41, 5.74) is 1.42. The van der Waals surface area contributed by atoms with E-state index in [1.807, 2.05) is 25.1 Å². The van der Waals surface area contributed by atoms with Gasteiger partial charge in [0, 0.05) is 6.54 Å². The predicted molar refractivity (Wildman–Crippen MR) is 106 cm³/mol. The number of aryl methyl sites for hydroxylation is 2. The number of hydrogen-bond acceptors (Lipinski definition) is 7. The standard InChI is InChI=1S/C20H24N4O5/c1-5-14-18-19(29-23-14)22-12(2)24(20(18)26)11-17(25)21-9-8-13-6-7-15(27-3)16(10-13)28-4/h6-7,10H,5,8-9,11H2,1-4H3,(H,21,25). The summed E-state index contributed by atoms with van der Waals surface area (Å²) in [5.74, 6) is 1.42. The van der Waals surface area contributed by atoms with Gasteiger partial charge in [0.25, 0.3) is 11.3 Å². The topological polar surface area (TPSA) is 108 Å². The van der Waals surface area contributed by atoms with Gasteiger partial charge in [-0.2, -0.15) is 4.98 Å². The van der Waals surface area contributed by atoms with E-state index in [2.05, 4.69) is 15.5 Å². The third-order valence-corrected chi connectivity index (χ3v) is 4.68. The van der Waals surface area contributed by atoms with Gasteiger partial charge in [0.2, 0.25) is 5.91 Å². The van der Waals surface area contributed by atoms with E-state index in [0.717, 1.165) is 5.56 Å². The molecule has 2 aromatic heterocycles. The smallest absolute Gasteiger partial charge is 0.267 e. The summed E-state index contributed by atoms with van der Waals surface area (Å²) < 4.78 is 17.0. The second-order valence-electron chi connectivity index (χ2n) is 6.50. The van der Waals surface area contributed by atoms with E-state index in [1.165, 1.54) is 4.57 Å². The van der Waals surface area contributed by atoms with Crippen LogP contribution >= 0.6 is 0 Å². The fraction of sp³-hybridized carbons (Fsp3) is 0.400. The molecule has 0 fully saturated rings. The Morgan fingerprint density at radius 1 is 1.24 bits per heavy atom. The van der Waals surface area contributed by atoms with Gasteiger partial charge >= 0.3 is 0 Å². The van der Waals surface area contributed by atoms with E-state index < -0.39 is 0 Å². The number of nitrogens with zero attached hydrogens (tertiary/aromatic N) is 3. The van der Waals surface area contributed by atoms with Gasteiger partial charge in [0.15, 0.2) is 11.5 Å². The maximum absolute atomic E-state index is 12.8. The van der Waals surface area contributed by atoms with E-state index in [-0.39, 0.29) is 23.7 Å². The Hall–Kier alpha value is -3.36. The van der Waals surface area contributed by atoms with Gasteiger partial charge in [-0.25, -0.2) is 0 Å². The molecule has 1 N–H and O–H groups in total. The minimum Gasteiger partial charge on any atom is -0.493 e. The Labute approximate surface area is 167 Å². The van der Waals surface area contributed by atoms with Gasteiger partial charge < -0.3 is 19.3 Å². The van der Waals surface area contributed by atoms with Crippen LogP contribution in [0.1, 0.15) is 24.0 Å². The molecule has 0 aliphatic carbocycles. The minimum atomic E-state index is -0.319. The molecule has 0 radical (unpaired) electrons. The van der Waals surface area contributed by atoms with E-state index in [9.17, 15) is 9.59 Å². The summed E-state index contributed by atoms with van der Waals surface area (Å²) in [5, 5.41) is 7.04. The molecule has 0 aliphatic heterocycles. The Balaban J connectivity index is 1.66. The van der Waals surface area contributed by atoms with Gasteiger partial charge in [-0.1, -0.05) is 18.1 Å². The average Bonchev–Trinajstić information content (AvgIpc) is 3.13. The van der Waals surface area contributed by atoms with Crippen LogP contribution in [0.2, 0.25) is 0 Å². The second-order valence-corrected chi connectivity index (χ2v) is 6.50. The predicted octanol–water partition coefficient (Wildman–Crippen LogP) is 1.63. The number of benzene rings is 1. The molecule has 0 saturated carbocycles.